The highest BCUT2D eigenvalue weighted by Crippen LogP contribution is 2.00. The molecule has 0 radical (unpaired) electrons. The Labute approximate surface area is 70.2 Å². The molecule has 11 heavy (non-hydrogen) atoms. The van der Waals surface area contributed by atoms with Crippen LogP contribution in [0.4, 0.5) is 5.82 Å². The maximum absolute atomic E-state index is 4.82. The van der Waals surface area contributed by atoms with Crippen LogP contribution in [0.1, 0.15) is 0 Å². The number of H-pyrrole nitrogens is 1. The fourth-order valence-corrected chi connectivity index (χ4v) is 0.691. The summed E-state index contributed by atoms with van der Waals surface area (Å²) in [6, 6.07) is 0. The van der Waals surface area contributed by atoms with E-state index < -0.39 is 0 Å². The molecule has 0 atom stereocenters. The second kappa shape index (κ2) is 4.05. The first-order valence-corrected chi connectivity index (χ1v) is 3.33. The van der Waals surface area contributed by atoms with E-state index >= 15 is 0 Å². The highest BCUT2D eigenvalue weighted by Gasteiger charge is 1.91. The van der Waals surface area contributed by atoms with Crippen molar-refractivity contribution in [1.82, 2.24) is 9.97 Å². The molecule has 1 heterocycles. The summed E-state index contributed by atoms with van der Waals surface area (Å²) in [5.74, 6) is 0.883. The lowest BCUT2D eigenvalue weighted by molar-refractivity contribution is 0.824. The van der Waals surface area contributed by atoms with Gasteiger partial charge in [0.25, 0.3) is 0 Å². The largest absolute Gasteiger partial charge is 0.412 e. The fraction of sp³-hybridized carbons (Fsp3) is 0.333. The summed E-state index contributed by atoms with van der Waals surface area (Å²) in [6.07, 6.45) is 3.41. The molecule has 0 fully saturated rings. The number of hydrogen-bond acceptors (Lipinski definition) is 3. The molecule has 0 bridgehead atoms. The molecule has 5 heteroatoms. The second-order valence-electron chi connectivity index (χ2n) is 2.16. The SMILES string of the molecule is CN(C)c1c[nH]c(=S)cn1.O. The smallest absolute Gasteiger partial charge is 0.144 e. The Balaban J connectivity index is 0.000001000. The molecule has 1 rings (SSSR count). The van der Waals surface area contributed by atoms with Gasteiger partial charge >= 0.3 is 0 Å². The number of nitrogens with one attached hydrogen (secondary N) is 1. The number of aromatic nitrogens is 2. The molecule has 0 amide bonds. The van der Waals surface area contributed by atoms with Gasteiger partial charge in [0.05, 0.1) is 6.20 Å². The molecule has 3 N–H and O–H groups in total. The van der Waals surface area contributed by atoms with Crippen molar-refractivity contribution < 1.29 is 5.48 Å². The summed E-state index contributed by atoms with van der Waals surface area (Å²) in [7, 11) is 3.86. The van der Waals surface area contributed by atoms with Crippen molar-refractivity contribution in [3.05, 3.63) is 17.0 Å². The summed E-state index contributed by atoms with van der Waals surface area (Å²) >= 11 is 4.82. The molecule has 0 saturated carbocycles. The van der Waals surface area contributed by atoms with Gasteiger partial charge < -0.3 is 15.4 Å². The van der Waals surface area contributed by atoms with Crippen molar-refractivity contribution in [3.8, 4) is 0 Å². The van der Waals surface area contributed by atoms with Gasteiger partial charge in [-0.15, -0.1) is 0 Å². The van der Waals surface area contributed by atoms with Crippen LogP contribution in [-0.2, 0) is 0 Å². The highest BCUT2D eigenvalue weighted by atomic mass is 32.1. The minimum Gasteiger partial charge on any atom is -0.412 e. The van der Waals surface area contributed by atoms with Crippen LogP contribution < -0.4 is 4.90 Å². The lowest BCUT2D eigenvalue weighted by atomic mass is 10.6. The van der Waals surface area contributed by atoms with Gasteiger partial charge in [-0.3, -0.25) is 0 Å². The molecule has 0 saturated heterocycles. The van der Waals surface area contributed by atoms with E-state index in [0.29, 0.717) is 4.64 Å². The Morgan fingerprint density at radius 1 is 1.55 bits per heavy atom. The van der Waals surface area contributed by atoms with Gasteiger partial charge in [-0.05, 0) is 0 Å². The zero-order valence-electron chi connectivity index (χ0n) is 6.46. The normalized spacial score (nSPS) is 8.55. The topological polar surface area (TPSA) is 63.4 Å². The standard InChI is InChI=1S/C6H9N3S.H2O/c1-9(2)5-3-8-6(10)4-7-5;/h3-4H,1-2H3,(H,8,10);1H2. The molecular weight excluding hydrogens is 162 g/mol. The van der Waals surface area contributed by atoms with E-state index in [2.05, 4.69) is 9.97 Å². The van der Waals surface area contributed by atoms with Crippen LogP contribution in [0.3, 0.4) is 0 Å². The first-order chi connectivity index (χ1) is 4.70. The molecule has 0 aliphatic heterocycles. The molecule has 0 aromatic carbocycles. The molecule has 1 aromatic heterocycles. The van der Waals surface area contributed by atoms with Crippen LogP contribution in [0.25, 0.3) is 0 Å². The van der Waals surface area contributed by atoms with Crippen LogP contribution in [-0.4, -0.2) is 29.5 Å². The first kappa shape index (κ1) is 10.1. The number of hydrogen-bond donors (Lipinski definition) is 1. The Bertz CT molecular complexity index is 250. The van der Waals surface area contributed by atoms with E-state index in [1.165, 1.54) is 0 Å². The van der Waals surface area contributed by atoms with Gasteiger partial charge in [-0.1, -0.05) is 12.2 Å². The zero-order valence-corrected chi connectivity index (χ0v) is 7.27. The predicted molar refractivity (Wildman–Crippen MR) is 47.4 cm³/mol. The minimum absolute atomic E-state index is 0. The monoisotopic (exact) mass is 173 g/mol. The minimum atomic E-state index is 0. The molecule has 0 aliphatic carbocycles. The van der Waals surface area contributed by atoms with E-state index in [9.17, 15) is 0 Å². The third-order valence-electron chi connectivity index (χ3n) is 1.12. The summed E-state index contributed by atoms with van der Waals surface area (Å²) in [6.45, 7) is 0. The van der Waals surface area contributed by atoms with Crippen molar-refractivity contribution in [2.24, 2.45) is 0 Å². The highest BCUT2D eigenvalue weighted by molar-refractivity contribution is 7.71. The van der Waals surface area contributed by atoms with Crippen molar-refractivity contribution in [2.45, 2.75) is 0 Å². The average molecular weight is 173 g/mol. The van der Waals surface area contributed by atoms with Crippen LogP contribution in [0, 0.1) is 4.64 Å². The van der Waals surface area contributed by atoms with Crippen LogP contribution in [0.2, 0.25) is 0 Å². The molecule has 0 aliphatic rings. The van der Waals surface area contributed by atoms with Crippen LogP contribution in [0.15, 0.2) is 12.4 Å². The van der Waals surface area contributed by atoms with E-state index in [4.69, 9.17) is 12.2 Å². The van der Waals surface area contributed by atoms with Gasteiger partial charge in [0.2, 0.25) is 0 Å². The summed E-state index contributed by atoms with van der Waals surface area (Å²) in [4.78, 5) is 8.87. The first-order valence-electron chi connectivity index (χ1n) is 2.92. The van der Waals surface area contributed by atoms with E-state index in [1.54, 1.807) is 12.4 Å². The third-order valence-corrected chi connectivity index (χ3v) is 1.34. The van der Waals surface area contributed by atoms with Gasteiger partial charge in [0.1, 0.15) is 10.5 Å². The summed E-state index contributed by atoms with van der Waals surface area (Å²) < 4.78 is 0.658. The number of nitrogens with zero attached hydrogens (tertiary/aromatic N) is 2. The van der Waals surface area contributed by atoms with Crippen molar-refractivity contribution in [2.75, 3.05) is 19.0 Å². The van der Waals surface area contributed by atoms with Gasteiger partial charge in [-0.25, -0.2) is 4.98 Å². The van der Waals surface area contributed by atoms with Gasteiger partial charge in [0.15, 0.2) is 0 Å². The molecule has 1 aromatic rings. The lowest BCUT2D eigenvalue weighted by Crippen LogP contribution is -2.10. The Kier molecular flexibility index (Phi) is 3.70. The molecule has 4 nitrogen and oxygen atoms in total. The van der Waals surface area contributed by atoms with Gasteiger partial charge in [0, 0.05) is 20.3 Å². The molecule has 0 spiro atoms. The second-order valence-corrected chi connectivity index (χ2v) is 2.60. The van der Waals surface area contributed by atoms with Crippen LogP contribution >= 0.6 is 12.2 Å². The Morgan fingerprint density at radius 2 is 2.18 bits per heavy atom. The van der Waals surface area contributed by atoms with Crippen molar-refractivity contribution >= 4 is 18.0 Å². The Morgan fingerprint density at radius 3 is 2.55 bits per heavy atom. The lowest BCUT2D eigenvalue weighted by Gasteiger charge is -2.08. The fourth-order valence-electron chi connectivity index (χ4n) is 0.580. The van der Waals surface area contributed by atoms with E-state index in [1.807, 2.05) is 19.0 Å². The quantitative estimate of drug-likeness (QED) is 0.624. The average Bonchev–Trinajstić information content (AvgIpc) is 1.88. The zero-order chi connectivity index (χ0) is 7.56. The molecule has 0 unspecified atom stereocenters. The van der Waals surface area contributed by atoms with Crippen molar-refractivity contribution in [1.29, 1.82) is 0 Å². The predicted octanol–water partition coefficient (Wildman–Crippen LogP) is 0.380. The summed E-state index contributed by atoms with van der Waals surface area (Å²) in [5.41, 5.74) is 0. The Hall–Kier alpha value is -0.940. The number of rotatable bonds is 1. The van der Waals surface area contributed by atoms with Gasteiger partial charge in [-0.2, -0.15) is 0 Å². The van der Waals surface area contributed by atoms with Crippen LogP contribution in [0.5, 0.6) is 0 Å². The number of aromatic amines is 1. The third kappa shape index (κ3) is 2.65. The molecular formula is C6H11N3OS. The molecule has 62 valence electrons. The van der Waals surface area contributed by atoms with Crippen molar-refractivity contribution in [3.63, 3.8) is 0 Å². The van der Waals surface area contributed by atoms with E-state index in [-0.39, 0.29) is 5.48 Å². The number of anilines is 1. The summed E-state index contributed by atoms with van der Waals surface area (Å²) in [5, 5.41) is 0. The maximum atomic E-state index is 4.82. The maximum Gasteiger partial charge on any atom is 0.144 e. The van der Waals surface area contributed by atoms with E-state index in [0.717, 1.165) is 5.82 Å².